The molecule has 0 aliphatic carbocycles. The molecule has 0 bridgehead atoms. The number of hydrogen-bond donors (Lipinski definition) is 1. The smallest absolute Gasteiger partial charge is 0.264 e. The van der Waals surface area contributed by atoms with Crippen molar-refractivity contribution in [2.45, 2.75) is 57.6 Å². The SMILES string of the molecule is CC[C@@H](C)NC(=O)[C@@H](C)N(Cc1ccc(Cl)c(Cl)c1)C(=O)CN(c1cccc(Cl)c1Cl)S(=O)(=O)c1ccc(C)cc1. The number of anilines is 1. The summed E-state index contributed by atoms with van der Waals surface area (Å²) in [5.74, 6) is -1.03. The molecule has 2 atom stereocenters. The molecule has 1 N–H and O–H groups in total. The highest BCUT2D eigenvalue weighted by Gasteiger charge is 2.34. The van der Waals surface area contributed by atoms with Crippen molar-refractivity contribution in [1.29, 1.82) is 0 Å². The largest absolute Gasteiger partial charge is 0.352 e. The molecule has 0 radical (unpaired) electrons. The molecule has 12 heteroatoms. The predicted molar refractivity (Wildman–Crippen MR) is 167 cm³/mol. The highest BCUT2D eigenvalue weighted by molar-refractivity contribution is 7.92. The Kier molecular flexibility index (Phi) is 11.4. The van der Waals surface area contributed by atoms with Crippen molar-refractivity contribution < 1.29 is 18.0 Å². The summed E-state index contributed by atoms with van der Waals surface area (Å²) >= 11 is 25.0. The standard InChI is InChI=1S/C29H31Cl4N3O4S/c1-5-19(3)34-29(38)20(4)35(16-21-11-14-23(30)25(32)15-21)27(37)17-36(26-8-6-7-24(31)28(26)33)41(39,40)22-12-9-18(2)10-13-22/h6-15,19-20H,5,16-17H2,1-4H3,(H,34,38)/t19-,20-/m1/s1. The fraction of sp³-hybridized carbons (Fsp3) is 0.310. The summed E-state index contributed by atoms with van der Waals surface area (Å²) < 4.78 is 28.8. The molecular weight excluding hydrogens is 628 g/mol. The van der Waals surface area contributed by atoms with E-state index in [4.69, 9.17) is 46.4 Å². The van der Waals surface area contributed by atoms with Gasteiger partial charge < -0.3 is 10.2 Å². The first-order valence-electron chi connectivity index (χ1n) is 12.8. The minimum absolute atomic E-state index is 0.0271. The average molecular weight is 659 g/mol. The van der Waals surface area contributed by atoms with Gasteiger partial charge in [0.25, 0.3) is 10.0 Å². The van der Waals surface area contributed by atoms with Crippen LogP contribution in [-0.2, 0) is 26.2 Å². The number of nitrogens with zero attached hydrogens (tertiary/aromatic N) is 2. The van der Waals surface area contributed by atoms with E-state index in [-0.39, 0.29) is 44.1 Å². The number of aryl methyl sites for hydroxylation is 1. The molecular formula is C29H31Cl4N3O4S. The van der Waals surface area contributed by atoms with Gasteiger partial charge in [0.1, 0.15) is 12.6 Å². The Bertz CT molecular complexity index is 1520. The van der Waals surface area contributed by atoms with Gasteiger partial charge in [0, 0.05) is 12.6 Å². The molecule has 7 nitrogen and oxygen atoms in total. The first kappa shape index (κ1) is 33.0. The Morgan fingerprint density at radius 2 is 1.56 bits per heavy atom. The molecule has 3 rings (SSSR count). The fourth-order valence-electron chi connectivity index (χ4n) is 3.92. The number of nitrogens with one attached hydrogen (secondary N) is 1. The third kappa shape index (κ3) is 8.08. The zero-order valence-corrected chi connectivity index (χ0v) is 26.8. The molecule has 0 spiro atoms. The van der Waals surface area contributed by atoms with Crippen LogP contribution < -0.4 is 9.62 Å². The molecule has 0 saturated carbocycles. The molecule has 3 aromatic carbocycles. The molecule has 220 valence electrons. The molecule has 3 aromatic rings. The summed E-state index contributed by atoms with van der Waals surface area (Å²) in [6.07, 6.45) is 0.690. The van der Waals surface area contributed by atoms with Gasteiger partial charge >= 0.3 is 0 Å². The lowest BCUT2D eigenvalue weighted by molar-refractivity contribution is -0.139. The number of rotatable bonds is 11. The number of benzene rings is 3. The fourth-order valence-corrected chi connectivity index (χ4v) is 6.11. The van der Waals surface area contributed by atoms with E-state index in [1.165, 1.54) is 29.2 Å². The number of carbonyl (C=O) groups is 2. The zero-order valence-electron chi connectivity index (χ0n) is 23.0. The van der Waals surface area contributed by atoms with Crippen molar-refractivity contribution >= 4 is 73.9 Å². The second-order valence-electron chi connectivity index (χ2n) is 9.66. The van der Waals surface area contributed by atoms with Crippen molar-refractivity contribution in [3.8, 4) is 0 Å². The number of halogens is 4. The summed E-state index contributed by atoms with van der Waals surface area (Å²) in [5.41, 5.74) is 1.49. The van der Waals surface area contributed by atoms with Crippen LogP contribution in [0.4, 0.5) is 5.69 Å². The van der Waals surface area contributed by atoms with Gasteiger partial charge in [-0.1, -0.05) is 83.2 Å². The van der Waals surface area contributed by atoms with Crippen LogP contribution in [0.15, 0.2) is 65.6 Å². The average Bonchev–Trinajstić information content (AvgIpc) is 2.93. The van der Waals surface area contributed by atoms with Gasteiger partial charge in [0.2, 0.25) is 11.8 Å². The maximum Gasteiger partial charge on any atom is 0.264 e. The van der Waals surface area contributed by atoms with E-state index in [1.54, 1.807) is 43.3 Å². The third-order valence-corrected chi connectivity index (χ3v) is 9.91. The lowest BCUT2D eigenvalue weighted by Crippen LogP contribution is -2.52. The van der Waals surface area contributed by atoms with Gasteiger partial charge in [-0.3, -0.25) is 13.9 Å². The first-order valence-corrected chi connectivity index (χ1v) is 15.8. The maximum atomic E-state index is 14.0. The minimum Gasteiger partial charge on any atom is -0.352 e. The normalized spacial score (nSPS) is 12.9. The Balaban J connectivity index is 2.08. The van der Waals surface area contributed by atoms with Crippen LogP contribution in [0.1, 0.15) is 38.3 Å². The Labute approximate surface area is 261 Å². The van der Waals surface area contributed by atoms with E-state index in [9.17, 15) is 18.0 Å². The van der Waals surface area contributed by atoms with Crippen LogP contribution in [0, 0.1) is 6.92 Å². The lowest BCUT2D eigenvalue weighted by Gasteiger charge is -2.32. The molecule has 2 amide bonds. The van der Waals surface area contributed by atoms with Gasteiger partial charge in [-0.25, -0.2) is 8.42 Å². The van der Waals surface area contributed by atoms with Crippen LogP contribution in [-0.4, -0.2) is 43.8 Å². The molecule has 0 aliphatic rings. The van der Waals surface area contributed by atoms with E-state index in [2.05, 4.69) is 5.32 Å². The summed E-state index contributed by atoms with van der Waals surface area (Å²) in [6.45, 7) is 6.51. The molecule has 0 heterocycles. The van der Waals surface area contributed by atoms with Crippen molar-refractivity contribution in [3.63, 3.8) is 0 Å². The lowest BCUT2D eigenvalue weighted by atomic mass is 10.1. The Hall–Kier alpha value is -2.49. The molecule has 41 heavy (non-hydrogen) atoms. The zero-order chi connectivity index (χ0) is 30.5. The molecule has 0 unspecified atom stereocenters. The number of amides is 2. The van der Waals surface area contributed by atoms with Crippen molar-refractivity contribution in [2.75, 3.05) is 10.8 Å². The monoisotopic (exact) mass is 657 g/mol. The minimum atomic E-state index is -4.29. The van der Waals surface area contributed by atoms with Crippen LogP contribution in [0.2, 0.25) is 20.1 Å². The summed E-state index contributed by atoms with van der Waals surface area (Å²) in [6, 6.07) is 14.5. The van der Waals surface area contributed by atoms with E-state index in [0.29, 0.717) is 17.0 Å². The number of sulfonamides is 1. The predicted octanol–water partition coefficient (Wildman–Crippen LogP) is 7.14. The molecule has 0 aliphatic heterocycles. The van der Waals surface area contributed by atoms with E-state index in [1.807, 2.05) is 20.8 Å². The summed E-state index contributed by atoms with van der Waals surface area (Å²) in [5, 5.41) is 3.59. The van der Waals surface area contributed by atoms with Gasteiger partial charge in [-0.05, 0) is 69.2 Å². The summed E-state index contributed by atoms with van der Waals surface area (Å²) in [7, 11) is -4.29. The quantitative estimate of drug-likeness (QED) is 0.237. The van der Waals surface area contributed by atoms with Crippen LogP contribution in [0.25, 0.3) is 0 Å². The number of carbonyl (C=O) groups excluding carboxylic acids is 2. The van der Waals surface area contributed by atoms with E-state index < -0.39 is 28.5 Å². The van der Waals surface area contributed by atoms with Gasteiger partial charge in [-0.2, -0.15) is 0 Å². The number of hydrogen-bond acceptors (Lipinski definition) is 4. The third-order valence-electron chi connectivity index (χ3n) is 6.59. The molecule has 0 saturated heterocycles. The van der Waals surface area contributed by atoms with E-state index >= 15 is 0 Å². The molecule has 0 aromatic heterocycles. The van der Waals surface area contributed by atoms with Crippen LogP contribution in [0.5, 0.6) is 0 Å². The van der Waals surface area contributed by atoms with Crippen LogP contribution in [0.3, 0.4) is 0 Å². The van der Waals surface area contributed by atoms with Crippen molar-refractivity contribution in [1.82, 2.24) is 10.2 Å². The Morgan fingerprint density at radius 1 is 0.902 bits per heavy atom. The highest BCUT2D eigenvalue weighted by Crippen LogP contribution is 2.35. The maximum absolute atomic E-state index is 14.0. The van der Waals surface area contributed by atoms with Gasteiger partial charge in [-0.15, -0.1) is 0 Å². The van der Waals surface area contributed by atoms with Gasteiger partial charge in [0.05, 0.1) is 30.7 Å². The van der Waals surface area contributed by atoms with Crippen molar-refractivity contribution in [3.05, 3.63) is 91.9 Å². The second-order valence-corrected chi connectivity index (χ2v) is 13.1. The summed E-state index contributed by atoms with van der Waals surface area (Å²) in [4.78, 5) is 28.4. The topological polar surface area (TPSA) is 86.8 Å². The van der Waals surface area contributed by atoms with Crippen LogP contribution >= 0.6 is 46.4 Å². The highest BCUT2D eigenvalue weighted by atomic mass is 35.5. The molecule has 0 fully saturated rings. The van der Waals surface area contributed by atoms with E-state index in [0.717, 1.165) is 9.87 Å². The second kappa shape index (κ2) is 14.1. The Morgan fingerprint density at radius 3 is 2.17 bits per heavy atom. The first-order chi connectivity index (χ1) is 19.3. The van der Waals surface area contributed by atoms with Gasteiger partial charge in [0.15, 0.2) is 0 Å². The van der Waals surface area contributed by atoms with Crippen molar-refractivity contribution in [2.24, 2.45) is 0 Å².